The lowest BCUT2D eigenvalue weighted by molar-refractivity contribution is -0.116. The van der Waals surface area contributed by atoms with Gasteiger partial charge in [0.05, 0.1) is 12.2 Å². The van der Waals surface area contributed by atoms with Gasteiger partial charge in [-0.2, -0.15) is 0 Å². The van der Waals surface area contributed by atoms with E-state index in [1.54, 1.807) is 29.2 Å². The van der Waals surface area contributed by atoms with E-state index in [1.807, 2.05) is 17.5 Å². The van der Waals surface area contributed by atoms with Crippen LogP contribution in [0.1, 0.15) is 10.9 Å². The molecule has 0 bridgehead atoms. The normalized spacial score (nSPS) is 17.2. The average molecular weight is 386 g/mol. The number of carbonyl (C=O) groups excluding carboxylic acids is 1. The van der Waals surface area contributed by atoms with Gasteiger partial charge in [0, 0.05) is 21.7 Å². The molecule has 1 saturated heterocycles. The number of rotatable bonds is 3. The lowest BCUT2D eigenvalue weighted by Crippen LogP contribution is -2.25. The fourth-order valence-corrected chi connectivity index (χ4v) is 4.00. The van der Waals surface area contributed by atoms with Crippen LogP contribution in [-0.2, 0) is 4.79 Å². The molecule has 0 radical (unpaired) electrons. The average Bonchev–Trinajstić information content (AvgIpc) is 3.21. The van der Waals surface area contributed by atoms with Gasteiger partial charge in [0.1, 0.15) is 22.6 Å². The zero-order chi connectivity index (χ0) is 18.3. The lowest BCUT2D eigenvalue weighted by Gasteiger charge is -2.17. The molecule has 1 unspecified atom stereocenters. The molecule has 7 heteroatoms. The molecule has 0 amide bonds. The number of ketones is 1. The van der Waals surface area contributed by atoms with E-state index in [0.717, 1.165) is 11.3 Å². The standard InChI is InChI=1S/C19H13ClFN3OS/c20-12-3-1-11(2-4-12)15-10-26-19(23-15)17-16(25)9-24(18(17)22)14-7-5-13(21)6-8-14/h1-8,10,17,22H,9H2. The minimum atomic E-state index is -0.689. The minimum Gasteiger partial charge on any atom is -0.322 e. The minimum absolute atomic E-state index is 0.0867. The third-order valence-electron chi connectivity index (χ3n) is 4.25. The Bertz CT molecular complexity index is 985. The highest BCUT2D eigenvalue weighted by Crippen LogP contribution is 2.34. The van der Waals surface area contributed by atoms with E-state index in [1.165, 1.54) is 23.5 Å². The van der Waals surface area contributed by atoms with Crippen molar-refractivity contribution in [3.63, 3.8) is 0 Å². The van der Waals surface area contributed by atoms with Crippen LogP contribution in [0.15, 0.2) is 53.9 Å². The van der Waals surface area contributed by atoms with E-state index in [0.29, 0.717) is 15.7 Å². The molecule has 1 aromatic heterocycles. The molecule has 4 rings (SSSR count). The Morgan fingerprint density at radius 1 is 1.15 bits per heavy atom. The van der Waals surface area contributed by atoms with E-state index in [4.69, 9.17) is 17.0 Å². The predicted molar refractivity (Wildman–Crippen MR) is 102 cm³/mol. The van der Waals surface area contributed by atoms with Crippen molar-refractivity contribution in [2.24, 2.45) is 0 Å². The van der Waals surface area contributed by atoms with E-state index >= 15 is 0 Å². The summed E-state index contributed by atoms with van der Waals surface area (Å²) in [6, 6.07) is 13.1. The first kappa shape index (κ1) is 16.9. The Kier molecular flexibility index (Phi) is 4.30. The number of aromatic nitrogens is 1. The molecule has 1 aliphatic rings. The van der Waals surface area contributed by atoms with Gasteiger partial charge in [-0.1, -0.05) is 23.7 Å². The summed E-state index contributed by atoms with van der Waals surface area (Å²) in [6.45, 7) is 0.0883. The second kappa shape index (κ2) is 6.63. The quantitative estimate of drug-likeness (QED) is 0.707. The molecule has 3 aromatic rings. The van der Waals surface area contributed by atoms with Gasteiger partial charge in [-0.25, -0.2) is 9.37 Å². The number of nitrogens with one attached hydrogen (secondary N) is 1. The maximum Gasteiger partial charge on any atom is 0.170 e. The lowest BCUT2D eigenvalue weighted by atomic mass is 10.1. The molecule has 0 aliphatic carbocycles. The van der Waals surface area contributed by atoms with Crippen LogP contribution in [0.2, 0.25) is 5.02 Å². The Morgan fingerprint density at radius 3 is 2.54 bits per heavy atom. The van der Waals surface area contributed by atoms with Crippen molar-refractivity contribution >= 4 is 40.2 Å². The molecule has 130 valence electrons. The molecule has 1 atom stereocenters. The van der Waals surface area contributed by atoms with Crippen LogP contribution in [0, 0.1) is 11.2 Å². The number of nitrogens with zero attached hydrogens (tertiary/aromatic N) is 2. The molecular weight excluding hydrogens is 373 g/mol. The Morgan fingerprint density at radius 2 is 1.85 bits per heavy atom. The highest BCUT2D eigenvalue weighted by Gasteiger charge is 2.39. The first-order chi connectivity index (χ1) is 12.5. The smallest absolute Gasteiger partial charge is 0.170 e. The summed E-state index contributed by atoms with van der Waals surface area (Å²) in [5.41, 5.74) is 2.29. The highest BCUT2D eigenvalue weighted by atomic mass is 35.5. The van der Waals surface area contributed by atoms with Gasteiger partial charge < -0.3 is 4.90 Å². The molecule has 26 heavy (non-hydrogen) atoms. The van der Waals surface area contributed by atoms with Gasteiger partial charge in [-0.05, 0) is 36.4 Å². The molecule has 0 saturated carbocycles. The largest absolute Gasteiger partial charge is 0.322 e. The van der Waals surface area contributed by atoms with Crippen LogP contribution in [0.5, 0.6) is 0 Å². The predicted octanol–water partition coefficient (Wildman–Crippen LogP) is 4.75. The van der Waals surface area contributed by atoms with E-state index in [2.05, 4.69) is 4.98 Å². The van der Waals surface area contributed by atoms with Gasteiger partial charge in [-0.3, -0.25) is 10.2 Å². The molecule has 1 fully saturated rings. The van der Waals surface area contributed by atoms with Gasteiger partial charge in [0.25, 0.3) is 0 Å². The van der Waals surface area contributed by atoms with Crippen LogP contribution < -0.4 is 4.90 Å². The van der Waals surface area contributed by atoms with E-state index in [-0.39, 0.29) is 24.0 Å². The number of anilines is 1. The summed E-state index contributed by atoms with van der Waals surface area (Å²) in [5, 5.41) is 11.5. The second-order valence-electron chi connectivity index (χ2n) is 5.93. The second-order valence-corrected chi connectivity index (χ2v) is 7.25. The van der Waals surface area contributed by atoms with Gasteiger partial charge in [0.2, 0.25) is 0 Å². The molecule has 0 spiro atoms. The van der Waals surface area contributed by atoms with Crippen molar-refractivity contribution in [3.05, 3.63) is 69.8 Å². The molecule has 4 nitrogen and oxygen atoms in total. The third-order valence-corrected chi connectivity index (χ3v) is 5.41. The number of carbonyl (C=O) groups is 1. The number of thiazole rings is 1. The summed E-state index contributed by atoms with van der Waals surface area (Å²) >= 11 is 7.27. The van der Waals surface area contributed by atoms with Gasteiger partial charge in [0.15, 0.2) is 5.78 Å². The maximum atomic E-state index is 13.1. The summed E-state index contributed by atoms with van der Waals surface area (Å²) < 4.78 is 13.1. The third kappa shape index (κ3) is 3.02. The zero-order valence-corrected chi connectivity index (χ0v) is 15.0. The molecular formula is C19H13ClFN3OS. The first-order valence-electron chi connectivity index (χ1n) is 7.88. The number of halogens is 2. The van der Waals surface area contributed by atoms with Crippen LogP contribution in [0.3, 0.4) is 0 Å². The fourth-order valence-electron chi connectivity index (χ4n) is 2.92. The van der Waals surface area contributed by atoms with Gasteiger partial charge in [-0.15, -0.1) is 11.3 Å². The number of benzene rings is 2. The Labute approximate surface area is 158 Å². The molecule has 2 heterocycles. The van der Waals surface area contributed by atoms with Gasteiger partial charge >= 0.3 is 0 Å². The van der Waals surface area contributed by atoms with Crippen molar-refractivity contribution < 1.29 is 9.18 Å². The molecule has 1 aliphatic heterocycles. The SMILES string of the molecule is N=C1C(c2nc(-c3ccc(Cl)cc3)cs2)C(=O)CN1c1ccc(F)cc1. The van der Waals surface area contributed by atoms with Crippen LogP contribution in [0.25, 0.3) is 11.3 Å². The summed E-state index contributed by atoms with van der Waals surface area (Å²) in [4.78, 5) is 18.7. The van der Waals surface area contributed by atoms with Crippen molar-refractivity contribution in [3.8, 4) is 11.3 Å². The van der Waals surface area contributed by atoms with E-state index < -0.39 is 5.92 Å². The zero-order valence-electron chi connectivity index (χ0n) is 13.4. The summed E-state index contributed by atoms with van der Waals surface area (Å²) in [5.74, 6) is -0.962. The number of hydrogen-bond donors (Lipinski definition) is 1. The van der Waals surface area contributed by atoms with Crippen molar-refractivity contribution in [1.29, 1.82) is 5.41 Å². The molecule has 1 N–H and O–H groups in total. The Balaban J connectivity index is 1.62. The monoisotopic (exact) mass is 385 g/mol. The topological polar surface area (TPSA) is 57.1 Å². The van der Waals surface area contributed by atoms with Crippen LogP contribution in [0.4, 0.5) is 10.1 Å². The number of Topliss-reactive ketones (excluding diaryl/α,β-unsaturated/α-hetero) is 1. The summed E-state index contributed by atoms with van der Waals surface area (Å²) in [7, 11) is 0. The van der Waals surface area contributed by atoms with Crippen molar-refractivity contribution in [2.45, 2.75) is 5.92 Å². The van der Waals surface area contributed by atoms with Crippen molar-refractivity contribution in [2.75, 3.05) is 11.4 Å². The van der Waals surface area contributed by atoms with Crippen LogP contribution in [-0.4, -0.2) is 23.1 Å². The highest BCUT2D eigenvalue weighted by molar-refractivity contribution is 7.10. The fraction of sp³-hybridized carbons (Fsp3) is 0.105. The number of amidine groups is 1. The maximum absolute atomic E-state index is 13.1. The first-order valence-corrected chi connectivity index (χ1v) is 9.14. The summed E-state index contributed by atoms with van der Waals surface area (Å²) in [6.07, 6.45) is 0. The molecule has 2 aromatic carbocycles. The van der Waals surface area contributed by atoms with Crippen LogP contribution >= 0.6 is 22.9 Å². The number of hydrogen-bond acceptors (Lipinski definition) is 4. The van der Waals surface area contributed by atoms with Crippen molar-refractivity contribution in [1.82, 2.24) is 4.98 Å². The Hall–Kier alpha value is -2.57. The van der Waals surface area contributed by atoms with E-state index in [9.17, 15) is 9.18 Å².